The molecule has 0 saturated carbocycles. The summed E-state index contributed by atoms with van der Waals surface area (Å²) in [6, 6.07) is -0.386. The molecule has 1 atom stereocenters. The van der Waals surface area contributed by atoms with E-state index in [0.717, 1.165) is 32.1 Å². The smallest absolute Gasteiger partial charge is 0.404 e. The maximum atomic E-state index is 10.8. The SMILES string of the molecule is CCCCC(CCCC)=C(CCCC)C[C@@H](CO)NC(=O)O. The van der Waals surface area contributed by atoms with Gasteiger partial charge in [-0.1, -0.05) is 51.2 Å². The Morgan fingerprint density at radius 3 is 1.73 bits per heavy atom. The minimum Gasteiger partial charge on any atom is -0.465 e. The summed E-state index contributed by atoms with van der Waals surface area (Å²) in [5.41, 5.74) is 2.87. The van der Waals surface area contributed by atoms with E-state index in [0.29, 0.717) is 6.42 Å². The Hall–Kier alpha value is -1.03. The van der Waals surface area contributed by atoms with Gasteiger partial charge in [-0.05, 0) is 44.9 Å². The summed E-state index contributed by atoms with van der Waals surface area (Å²) in [7, 11) is 0. The van der Waals surface area contributed by atoms with Crippen molar-refractivity contribution in [3.8, 4) is 0 Å². The number of nitrogens with one attached hydrogen (secondary N) is 1. The van der Waals surface area contributed by atoms with Crippen LogP contribution in [0.3, 0.4) is 0 Å². The first-order valence-electron chi connectivity index (χ1n) is 8.88. The molecule has 0 aliphatic rings. The lowest BCUT2D eigenvalue weighted by atomic mass is 9.90. The monoisotopic (exact) mass is 313 g/mol. The number of hydrogen-bond acceptors (Lipinski definition) is 2. The van der Waals surface area contributed by atoms with E-state index in [1.807, 2.05) is 0 Å². The van der Waals surface area contributed by atoms with Crippen LogP contribution in [-0.2, 0) is 0 Å². The molecule has 0 unspecified atom stereocenters. The highest BCUT2D eigenvalue weighted by Crippen LogP contribution is 2.26. The highest BCUT2D eigenvalue weighted by Gasteiger charge is 2.15. The topological polar surface area (TPSA) is 69.6 Å². The van der Waals surface area contributed by atoms with E-state index in [-0.39, 0.29) is 12.6 Å². The first kappa shape index (κ1) is 21.0. The van der Waals surface area contributed by atoms with Crippen LogP contribution in [0.1, 0.15) is 85.0 Å². The third kappa shape index (κ3) is 9.82. The van der Waals surface area contributed by atoms with Crippen molar-refractivity contribution in [2.45, 2.75) is 91.0 Å². The van der Waals surface area contributed by atoms with Gasteiger partial charge < -0.3 is 15.5 Å². The van der Waals surface area contributed by atoms with Crippen molar-refractivity contribution < 1.29 is 15.0 Å². The van der Waals surface area contributed by atoms with Crippen LogP contribution < -0.4 is 5.32 Å². The fraction of sp³-hybridized carbons (Fsp3) is 0.833. The normalized spacial score (nSPS) is 12.0. The van der Waals surface area contributed by atoms with Crippen LogP contribution in [0.25, 0.3) is 0 Å². The van der Waals surface area contributed by atoms with E-state index >= 15 is 0 Å². The van der Waals surface area contributed by atoms with Gasteiger partial charge in [-0.25, -0.2) is 4.79 Å². The maximum Gasteiger partial charge on any atom is 0.404 e. The van der Waals surface area contributed by atoms with Gasteiger partial charge in [0, 0.05) is 0 Å². The van der Waals surface area contributed by atoms with Crippen LogP contribution in [0.5, 0.6) is 0 Å². The van der Waals surface area contributed by atoms with Gasteiger partial charge in [0.2, 0.25) is 0 Å². The van der Waals surface area contributed by atoms with Crippen LogP contribution in [0.4, 0.5) is 4.79 Å². The first-order valence-corrected chi connectivity index (χ1v) is 8.88. The summed E-state index contributed by atoms with van der Waals surface area (Å²) in [4.78, 5) is 10.8. The Morgan fingerprint density at radius 1 is 0.909 bits per heavy atom. The highest BCUT2D eigenvalue weighted by atomic mass is 16.4. The second-order valence-electron chi connectivity index (χ2n) is 6.05. The van der Waals surface area contributed by atoms with Crippen LogP contribution in [0.2, 0.25) is 0 Å². The fourth-order valence-corrected chi connectivity index (χ4v) is 2.71. The summed E-state index contributed by atoms with van der Waals surface area (Å²) in [5, 5.41) is 20.8. The zero-order chi connectivity index (χ0) is 16.8. The van der Waals surface area contributed by atoms with Gasteiger partial charge in [0.05, 0.1) is 12.6 Å². The lowest BCUT2D eigenvalue weighted by Crippen LogP contribution is -2.36. The average Bonchev–Trinajstić information content (AvgIpc) is 2.50. The molecule has 0 fully saturated rings. The zero-order valence-electron chi connectivity index (χ0n) is 14.7. The number of aliphatic hydroxyl groups excluding tert-OH is 1. The van der Waals surface area contributed by atoms with Crippen molar-refractivity contribution in [2.24, 2.45) is 0 Å². The molecule has 130 valence electrons. The van der Waals surface area contributed by atoms with E-state index in [1.54, 1.807) is 0 Å². The van der Waals surface area contributed by atoms with Crippen LogP contribution >= 0.6 is 0 Å². The molecule has 0 aromatic carbocycles. The second kappa shape index (κ2) is 13.6. The minimum atomic E-state index is -1.06. The summed E-state index contributed by atoms with van der Waals surface area (Å²) < 4.78 is 0. The van der Waals surface area contributed by atoms with Gasteiger partial charge in [-0.3, -0.25) is 0 Å². The Morgan fingerprint density at radius 2 is 1.36 bits per heavy atom. The predicted molar refractivity (Wildman–Crippen MR) is 92.3 cm³/mol. The van der Waals surface area contributed by atoms with Crippen molar-refractivity contribution in [1.82, 2.24) is 5.32 Å². The van der Waals surface area contributed by atoms with E-state index < -0.39 is 6.09 Å². The van der Waals surface area contributed by atoms with E-state index in [9.17, 15) is 9.90 Å². The van der Waals surface area contributed by atoms with E-state index in [4.69, 9.17) is 5.11 Å². The first-order chi connectivity index (χ1) is 10.6. The predicted octanol–water partition coefficient (Wildman–Crippen LogP) is 4.87. The fourth-order valence-electron chi connectivity index (χ4n) is 2.71. The van der Waals surface area contributed by atoms with E-state index in [1.165, 1.54) is 36.8 Å². The highest BCUT2D eigenvalue weighted by molar-refractivity contribution is 5.64. The van der Waals surface area contributed by atoms with Crippen molar-refractivity contribution >= 4 is 6.09 Å². The van der Waals surface area contributed by atoms with Gasteiger partial charge >= 0.3 is 6.09 Å². The third-order valence-electron chi connectivity index (χ3n) is 4.04. The van der Waals surface area contributed by atoms with E-state index in [2.05, 4.69) is 26.1 Å². The van der Waals surface area contributed by atoms with Crippen LogP contribution in [0.15, 0.2) is 11.1 Å². The number of allylic oxidation sites excluding steroid dienone is 1. The van der Waals surface area contributed by atoms with Gasteiger partial charge in [0.1, 0.15) is 0 Å². The standard InChI is InChI=1S/C18H35NO3/c1-4-7-10-15(11-8-5-2)16(12-9-6-3)13-17(14-20)19-18(21)22/h17,19-20H,4-14H2,1-3H3,(H,21,22)/t17-/m0/s1. The Bertz CT molecular complexity index is 316. The average molecular weight is 313 g/mol. The molecular formula is C18H35NO3. The number of unbranched alkanes of at least 4 members (excludes halogenated alkanes) is 3. The molecule has 1 amide bonds. The van der Waals surface area contributed by atoms with Crippen molar-refractivity contribution in [1.29, 1.82) is 0 Å². The number of hydrogen-bond donors (Lipinski definition) is 3. The minimum absolute atomic E-state index is 0.142. The molecule has 0 heterocycles. The second-order valence-corrected chi connectivity index (χ2v) is 6.05. The molecule has 0 rings (SSSR count). The lowest BCUT2D eigenvalue weighted by molar-refractivity contribution is 0.177. The molecule has 0 saturated heterocycles. The zero-order valence-corrected chi connectivity index (χ0v) is 14.7. The number of carboxylic acid groups (broad SMARTS) is 1. The summed E-state index contributed by atoms with van der Waals surface area (Å²) in [6.45, 7) is 6.43. The van der Waals surface area contributed by atoms with Gasteiger partial charge in [0.25, 0.3) is 0 Å². The molecule has 22 heavy (non-hydrogen) atoms. The van der Waals surface area contributed by atoms with Crippen LogP contribution in [0, 0.1) is 0 Å². The summed E-state index contributed by atoms with van der Waals surface area (Å²) in [6.07, 6.45) is 9.81. The number of rotatable bonds is 13. The summed E-state index contributed by atoms with van der Waals surface area (Å²) in [5.74, 6) is 0. The van der Waals surface area contributed by atoms with Crippen LogP contribution in [-0.4, -0.2) is 29.0 Å². The third-order valence-corrected chi connectivity index (χ3v) is 4.04. The molecule has 4 nitrogen and oxygen atoms in total. The molecule has 0 bridgehead atoms. The number of amides is 1. The molecule has 0 aromatic heterocycles. The molecule has 0 aromatic rings. The molecule has 0 radical (unpaired) electrons. The van der Waals surface area contributed by atoms with Gasteiger partial charge in [-0.2, -0.15) is 0 Å². The maximum absolute atomic E-state index is 10.8. The Balaban J connectivity index is 5.08. The largest absolute Gasteiger partial charge is 0.465 e. The van der Waals surface area contributed by atoms with Crippen molar-refractivity contribution in [2.75, 3.05) is 6.61 Å². The molecule has 0 aliphatic heterocycles. The quantitative estimate of drug-likeness (QED) is 0.425. The molecular weight excluding hydrogens is 278 g/mol. The number of carbonyl (C=O) groups is 1. The molecule has 3 N–H and O–H groups in total. The Kier molecular flexibility index (Phi) is 13.0. The summed E-state index contributed by atoms with van der Waals surface area (Å²) >= 11 is 0. The number of aliphatic hydroxyl groups is 1. The molecule has 0 spiro atoms. The molecule has 0 aliphatic carbocycles. The van der Waals surface area contributed by atoms with Gasteiger partial charge in [0.15, 0.2) is 0 Å². The lowest BCUT2D eigenvalue weighted by Gasteiger charge is -2.21. The van der Waals surface area contributed by atoms with Crippen molar-refractivity contribution in [3.63, 3.8) is 0 Å². The molecule has 4 heteroatoms. The Labute approximate surface area is 136 Å². The van der Waals surface area contributed by atoms with Crippen molar-refractivity contribution in [3.05, 3.63) is 11.1 Å². The van der Waals surface area contributed by atoms with Gasteiger partial charge in [-0.15, -0.1) is 0 Å².